The van der Waals surface area contributed by atoms with E-state index in [2.05, 4.69) is 34.3 Å². The molecular formula is C17H29BrOS. The lowest BCUT2D eigenvalue weighted by atomic mass is 10.0. The molecule has 1 N–H and O–H groups in total. The Morgan fingerprint density at radius 3 is 2.20 bits per heavy atom. The molecular weight excluding hydrogens is 332 g/mol. The van der Waals surface area contributed by atoms with Crippen molar-refractivity contribution in [2.45, 2.75) is 83.7 Å². The van der Waals surface area contributed by atoms with E-state index in [-0.39, 0.29) is 6.10 Å². The van der Waals surface area contributed by atoms with Crippen molar-refractivity contribution in [1.29, 1.82) is 0 Å². The molecule has 0 fully saturated rings. The summed E-state index contributed by atoms with van der Waals surface area (Å²) in [6, 6.07) is 2.06. The Bertz CT molecular complexity index is 337. The summed E-state index contributed by atoms with van der Waals surface area (Å²) in [4.78, 5) is 1.27. The van der Waals surface area contributed by atoms with Crippen LogP contribution in [-0.4, -0.2) is 11.2 Å². The fourth-order valence-corrected chi connectivity index (χ4v) is 4.06. The molecule has 1 rings (SSSR count). The van der Waals surface area contributed by atoms with Crippen molar-refractivity contribution in [1.82, 2.24) is 0 Å². The minimum atomic E-state index is -0.172. The van der Waals surface area contributed by atoms with Gasteiger partial charge in [0.05, 0.1) is 6.10 Å². The minimum absolute atomic E-state index is 0.172. The molecule has 0 aromatic carbocycles. The Hall–Kier alpha value is 0.140. The number of hydrogen-bond acceptors (Lipinski definition) is 2. The smallest absolute Gasteiger partial charge is 0.0588 e. The van der Waals surface area contributed by atoms with Crippen LogP contribution in [0.15, 0.2) is 15.9 Å². The summed E-state index contributed by atoms with van der Waals surface area (Å²) < 4.78 is 1.15. The standard InChI is InChI=1S/C17H29BrOS/c1-2-3-4-5-6-7-8-9-10-11-15(19)14-17-16(18)12-13-20-17/h12-13,15,19H,2-11,14H2,1H3. The van der Waals surface area contributed by atoms with E-state index in [9.17, 15) is 5.11 Å². The average molecular weight is 361 g/mol. The molecule has 0 aliphatic heterocycles. The molecule has 1 atom stereocenters. The van der Waals surface area contributed by atoms with Crippen LogP contribution < -0.4 is 0 Å². The number of rotatable bonds is 12. The van der Waals surface area contributed by atoms with Crippen LogP contribution in [0.25, 0.3) is 0 Å². The van der Waals surface area contributed by atoms with Gasteiger partial charge in [0.1, 0.15) is 0 Å². The van der Waals surface area contributed by atoms with Crippen LogP contribution in [0.3, 0.4) is 0 Å². The van der Waals surface area contributed by atoms with Crippen molar-refractivity contribution in [2.24, 2.45) is 0 Å². The maximum absolute atomic E-state index is 10.0. The number of aliphatic hydroxyl groups is 1. The summed E-state index contributed by atoms with van der Waals surface area (Å²) in [5.41, 5.74) is 0. The highest BCUT2D eigenvalue weighted by Crippen LogP contribution is 2.25. The number of hydrogen-bond donors (Lipinski definition) is 1. The van der Waals surface area contributed by atoms with E-state index in [1.807, 2.05) is 0 Å². The first-order chi connectivity index (χ1) is 9.74. The second-order valence-electron chi connectivity index (χ2n) is 5.67. The lowest BCUT2D eigenvalue weighted by Crippen LogP contribution is -2.09. The molecule has 1 aromatic rings. The number of halogens is 1. The highest BCUT2D eigenvalue weighted by atomic mass is 79.9. The van der Waals surface area contributed by atoms with Gasteiger partial charge in [0.15, 0.2) is 0 Å². The molecule has 0 saturated carbocycles. The van der Waals surface area contributed by atoms with E-state index in [4.69, 9.17) is 0 Å². The van der Waals surface area contributed by atoms with Gasteiger partial charge in [-0.1, -0.05) is 64.7 Å². The highest BCUT2D eigenvalue weighted by Gasteiger charge is 2.09. The van der Waals surface area contributed by atoms with Crippen molar-refractivity contribution >= 4 is 27.3 Å². The van der Waals surface area contributed by atoms with Crippen LogP contribution in [-0.2, 0) is 6.42 Å². The molecule has 1 unspecified atom stereocenters. The number of unbranched alkanes of at least 4 members (excludes halogenated alkanes) is 8. The van der Waals surface area contributed by atoms with E-state index >= 15 is 0 Å². The van der Waals surface area contributed by atoms with E-state index in [1.54, 1.807) is 11.3 Å². The summed E-state index contributed by atoms with van der Waals surface area (Å²) in [5, 5.41) is 12.1. The molecule has 0 radical (unpaired) electrons. The van der Waals surface area contributed by atoms with Gasteiger partial charge in [0.2, 0.25) is 0 Å². The van der Waals surface area contributed by atoms with Gasteiger partial charge >= 0.3 is 0 Å². The summed E-state index contributed by atoms with van der Waals surface area (Å²) in [6.07, 6.45) is 13.7. The molecule has 20 heavy (non-hydrogen) atoms. The maximum Gasteiger partial charge on any atom is 0.0588 e. The summed E-state index contributed by atoms with van der Waals surface area (Å²) >= 11 is 5.25. The van der Waals surface area contributed by atoms with Gasteiger partial charge < -0.3 is 5.11 Å². The number of thiophene rings is 1. The molecule has 0 bridgehead atoms. The zero-order chi connectivity index (χ0) is 14.6. The van der Waals surface area contributed by atoms with E-state index < -0.39 is 0 Å². The third-order valence-electron chi connectivity index (χ3n) is 3.75. The molecule has 1 aromatic heterocycles. The molecule has 0 aliphatic rings. The lowest BCUT2D eigenvalue weighted by Gasteiger charge is -2.09. The lowest BCUT2D eigenvalue weighted by molar-refractivity contribution is 0.161. The van der Waals surface area contributed by atoms with E-state index in [0.717, 1.165) is 17.3 Å². The number of aliphatic hydroxyl groups excluding tert-OH is 1. The molecule has 0 spiro atoms. The minimum Gasteiger partial charge on any atom is -0.393 e. The van der Waals surface area contributed by atoms with Gasteiger partial charge in [-0.2, -0.15) is 0 Å². The second kappa shape index (κ2) is 11.8. The molecule has 1 heterocycles. The van der Waals surface area contributed by atoms with Crippen LogP contribution in [0.5, 0.6) is 0 Å². The summed E-state index contributed by atoms with van der Waals surface area (Å²) in [7, 11) is 0. The van der Waals surface area contributed by atoms with Crippen LogP contribution in [0.1, 0.15) is 76.0 Å². The predicted octanol–water partition coefficient (Wildman–Crippen LogP) is 6.33. The predicted molar refractivity (Wildman–Crippen MR) is 93.6 cm³/mol. The van der Waals surface area contributed by atoms with Crippen LogP contribution in [0.4, 0.5) is 0 Å². The van der Waals surface area contributed by atoms with Crippen LogP contribution in [0, 0.1) is 0 Å². The first kappa shape index (κ1) is 18.2. The van der Waals surface area contributed by atoms with Crippen LogP contribution >= 0.6 is 27.3 Å². The van der Waals surface area contributed by atoms with Gasteiger partial charge in [-0.15, -0.1) is 11.3 Å². The largest absolute Gasteiger partial charge is 0.393 e. The fourth-order valence-electron chi connectivity index (χ4n) is 2.48. The monoisotopic (exact) mass is 360 g/mol. The Morgan fingerprint density at radius 2 is 1.65 bits per heavy atom. The third-order valence-corrected chi connectivity index (χ3v) is 5.70. The third kappa shape index (κ3) is 8.43. The Morgan fingerprint density at radius 1 is 1.05 bits per heavy atom. The molecule has 0 amide bonds. The quantitative estimate of drug-likeness (QED) is 0.431. The zero-order valence-electron chi connectivity index (χ0n) is 12.7. The molecule has 3 heteroatoms. The average Bonchev–Trinajstić information content (AvgIpc) is 2.82. The maximum atomic E-state index is 10.0. The molecule has 1 nitrogen and oxygen atoms in total. The van der Waals surface area contributed by atoms with Crippen molar-refractivity contribution in [3.8, 4) is 0 Å². The Kier molecular flexibility index (Phi) is 10.7. The Labute approximate surface area is 136 Å². The van der Waals surface area contributed by atoms with Crippen molar-refractivity contribution in [3.05, 3.63) is 20.8 Å². The van der Waals surface area contributed by atoms with E-state index in [0.29, 0.717) is 0 Å². The van der Waals surface area contributed by atoms with Crippen LogP contribution in [0.2, 0.25) is 0 Å². The highest BCUT2D eigenvalue weighted by molar-refractivity contribution is 9.10. The first-order valence-electron chi connectivity index (χ1n) is 8.14. The normalized spacial score (nSPS) is 12.8. The summed E-state index contributed by atoms with van der Waals surface area (Å²) in [5.74, 6) is 0. The molecule has 116 valence electrons. The molecule has 0 saturated heterocycles. The second-order valence-corrected chi connectivity index (χ2v) is 7.52. The van der Waals surface area contributed by atoms with Gasteiger partial charge in [-0.25, -0.2) is 0 Å². The van der Waals surface area contributed by atoms with Crippen molar-refractivity contribution in [2.75, 3.05) is 0 Å². The topological polar surface area (TPSA) is 20.2 Å². The van der Waals surface area contributed by atoms with Gasteiger partial charge in [0, 0.05) is 15.8 Å². The summed E-state index contributed by atoms with van der Waals surface area (Å²) in [6.45, 7) is 2.26. The SMILES string of the molecule is CCCCCCCCCCCC(O)Cc1sccc1Br. The first-order valence-corrected chi connectivity index (χ1v) is 9.81. The fraction of sp³-hybridized carbons (Fsp3) is 0.765. The van der Waals surface area contributed by atoms with Crippen molar-refractivity contribution < 1.29 is 5.11 Å². The molecule has 0 aliphatic carbocycles. The van der Waals surface area contributed by atoms with Gasteiger partial charge in [-0.3, -0.25) is 0 Å². The van der Waals surface area contributed by atoms with Gasteiger partial charge in [-0.05, 0) is 33.8 Å². The van der Waals surface area contributed by atoms with Crippen molar-refractivity contribution in [3.63, 3.8) is 0 Å². The van der Waals surface area contributed by atoms with Gasteiger partial charge in [0.25, 0.3) is 0 Å². The van der Waals surface area contributed by atoms with E-state index in [1.165, 1.54) is 62.7 Å². The zero-order valence-corrected chi connectivity index (χ0v) is 15.1. The Balaban J connectivity index is 1.92.